The van der Waals surface area contributed by atoms with Gasteiger partial charge in [0.15, 0.2) is 0 Å². The maximum atomic E-state index is 15.2. The molecular formula is C24H43F2N3O. The van der Waals surface area contributed by atoms with E-state index in [0.717, 1.165) is 37.6 Å². The van der Waals surface area contributed by atoms with E-state index in [1.165, 1.54) is 25.7 Å². The second-order valence-electron chi connectivity index (χ2n) is 10.1. The van der Waals surface area contributed by atoms with Crippen molar-refractivity contribution in [1.82, 2.24) is 14.7 Å². The summed E-state index contributed by atoms with van der Waals surface area (Å²) in [6, 6.07) is -0.326. The summed E-state index contributed by atoms with van der Waals surface area (Å²) in [5.41, 5.74) is 0. The van der Waals surface area contributed by atoms with E-state index in [2.05, 4.69) is 18.7 Å². The van der Waals surface area contributed by atoms with E-state index >= 15 is 8.78 Å². The van der Waals surface area contributed by atoms with Crippen molar-refractivity contribution >= 4 is 5.91 Å². The third kappa shape index (κ3) is 5.93. The molecule has 2 atom stereocenters. The topological polar surface area (TPSA) is 26.8 Å². The average Bonchev–Trinajstić information content (AvgIpc) is 2.74. The number of likely N-dealkylation sites (tertiary alicyclic amines) is 1. The molecule has 1 saturated carbocycles. The molecule has 174 valence electrons. The average molecular weight is 428 g/mol. The maximum Gasteiger partial charge on any atom is 0.275 e. The Hall–Kier alpha value is -0.750. The molecule has 0 aromatic rings. The summed E-state index contributed by atoms with van der Waals surface area (Å²) in [6.45, 7) is 9.63. The lowest BCUT2D eigenvalue weighted by Gasteiger charge is -2.48. The zero-order valence-electron chi connectivity index (χ0n) is 19.4. The number of carbonyl (C=O) groups excluding carboxylic acids is 1. The molecule has 2 saturated heterocycles. The highest BCUT2D eigenvalue weighted by Crippen LogP contribution is 2.37. The van der Waals surface area contributed by atoms with Gasteiger partial charge in [-0.1, -0.05) is 27.2 Å². The van der Waals surface area contributed by atoms with Crippen LogP contribution in [0.2, 0.25) is 0 Å². The van der Waals surface area contributed by atoms with Crippen molar-refractivity contribution in [3.8, 4) is 0 Å². The number of rotatable bonds is 7. The van der Waals surface area contributed by atoms with E-state index < -0.39 is 12.0 Å². The Balaban J connectivity index is 1.46. The predicted octanol–water partition coefficient (Wildman–Crippen LogP) is 4.64. The molecule has 0 aromatic heterocycles. The van der Waals surface area contributed by atoms with Gasteiger partial charge in [0, 0.05) is 45.2 Å². The van der Waals surface area contributed by atoms with Gasteiger partial charge in [0.1, 0.15) is 0 Å². The van der Waals surface area contributed by atoms with Crippen LogP contribution in [0.5, 0.6) is 0 Å². The summed E-state index contributed by atoms with van der Waals surface area (Å²) in [5, 5.41) is 0. The molecule has 1 aliphatic carbocycles. The Labute approximate surface area is 182 Å². The minimum atomic E-state index is -2.67. The van der Waals surface area contributed by atoms with Gasteiger partial charge in [-0.15, -0.1) is 0 Å². The van der Waals surface area contributed by atoms with Gasteiger partial charge in [-0.05, 0) is 56.8 Å². The first kappa shape index (κ1) is 23.9. The Morgan fingerprint density at radius 1 is 0.967 bits per heavy atom. The van der Waals surface area contributed by atoms with E-state index in [1.807, 2.05) is 16.7 Å². The molecule has 0 aromatic carbocycles. The number of piperidine rings is 1. The first-order valence-corrected chi connectivity index (χ1v) is 12.5. The number of nitrogens with zero attached hydrogens (tertiary/aromatic N) is 3. The number of piperazine rings is 1. The van der Waals surface area contributed by atoms with Crippen LogP contribution in [0.1, 0.15) is 78.6 Å². The molecular weight excluding hydrogens is 384 g/mol. The number of hydrogen-bond acceptors (Lipinski definition) is 3. The molecule has 3 fully saturated rings. The van der Waals surface area contributed by atoms with E-state index in [-0.39, 0.29) is 12.5 Å². The largest absolute Gasteiger partial charge is 0.340 e. The van der Waals surface area contributed by atoms with Crippen LogP contribution < -0.4 is 0 Å². The van der Waals surface area contributed by atoms with Crippen molar-refractivity contribution in [3.05, 3.63) is 0 Å². The molecule has 2 aliphatic heterocycles. The number of amides is 1. The fourth-order valence-electron chi connectivity index (χ4n) is 5.85. The van der Waals surface area contributed by atoms with Crippen LogP contribution in [0.4, 0.5) is 8.78 Å². The Kier molecular flexibility index (Phi) is 8.54. The van der Waals surface area contributed by atoms with E-state index in [0.29, 0.717) is 45.1 Å². The van der Waals surface area contributed by atoms with E-state index in [4.69, 9.17) is 0 Å². The van der Waals surface area contributed by atoms with E-state index in [9.17, 15) is 4.79 Å². The smallest absolute Gasteiger partial charge is 0.275 e. The number of hydrogen-bond donors (Lipinski definition) is 0. The van der Waals surface area contributed by atoms with Crippen molar-refractivity contribution in [2.45, 2.75) is 96.6 Å². The van der Waals surface area contributed by atoms with Gasteiger partial charge < -0.3 is 4.90 Å². The van der Waals surface area contributed by atoms with Crippen LogP contribution in [0.25, 0.3) is 0 Å². The van der Waals surface area contributed by atoms with Crippen molar-refractivity contribution in [1.29, 1.82) is 0 Å². The molecule has 6 heteroatoms. The second kappa shape index (κ2) is 10.7. The lowest BCUT2D eigenvalue weighted by Crippen LogP contribution is -2.63. The van der Waals surface area contributed by atoms with Gasteiger partial charge in [0.25, 0.3) is 5.92 Å². The van der Waals surface area contributed by atoms with Gasteiger partial charge in [-0.3, -0.25) is 14.6 Å². The molecule has 30 heavy (non-hydrogen) atoms. The summed E-state index contributed by atoms with van der Waals surface area (Å²) >= 11 is 0. The Morgan fingerprint density at radius 3 is 2.20 bits per heavy atom. The third-order valence-electron chi connectivity index (χ3n) is 7.93. The first-order valence-electron chi connectivity index (χ1n) is 12.5. The minimum absolute atomic E-state index is 0.0899. The molecule has 2 heterocycles. The number of alkyl halides is 2. The van der Waals surface area contributed by atoms with Crippen LogP contribution in [-0.2, 0) is 4.79 Å². The van der Waals surface area contributed by atoms with Crippen molar-refractivity contribution in [3.63, 3.8) is 0 Å². The maximum absolute atomic E-state index is 15.2. The molecule has 3 aliphatic rings. The predicted molar refractivity (Wildman–Crippen MR) is 118 cm³/mol. The van der Waals surface area contributed by atoms with Gasteiger partial charge in [0.05, 0.1) is 12.6 Å². The zero-order valence-corrected chi connectivity index (χ0v) is 19.4. The van der Waals surface area contributed by atoms with Crippen LogP contribution in [-0.4, -0.2) is 77.9 Å². The Bertz CT molecular complexity index is 543. The van der Waals surface area contributed by atoms with E-state index in [1.54, 1.807) is 0 Å². The fourth-order valence-corrected chi connectivity index (χ4v) is 5.85. The zero-order chi connectivity index (χ0) is 21.7. The fraction of sp³-hybridized carbons (Fsp3) is 0.958. The Morgan fingerprint density at radius 2 is 1.63 bits per heavy atom. The normalized spacial score (nSPS) is 32.2. The van der Waals surface area contributed by atoms with Crippen LogP contribution in [0, 0.1) is 11.8 Å². The van der Waals surface area contributed by atoms with Gasteiger partial charge >= 0.3 is 0 Å². The summed E-state index contributed by atoms with van der Waals surface area (Å²) < 4.78 is 30.3. The number of carbonyl (C=O) groups is 1. The highest BCUT2D eigenvalue weighted by Gasteiger charge is 2.49. The van der Waals surface area contributed by atoms with Crippen molar-refractivity contribution in [2.75, 3.05) is 39.3 Å². The highest BCUT2D eigenvalue weighted by atomic mass is 19.3. The second-order valence-corrected chi connectivity index (χ2v) is 10.1. The minimum Gasteiger partial charge on any atom is -0.340 e. The van der Waals surface area contributed by atoms with Crippen LogP contribution in [0.15, 0.2) is 0 Å². The lowest BCUT2D eigenvalue weighted by molar-refractivity contribution is -0.148. The highest BCUT2D eigenvalue weighted by molar-refractivity contribution is 5.76. The van der Waals surface area contributed by atoms with Crippen molar-refractivity contribution < 1.29 is 13.6 Å². The molecule has 3 rings (SSSR count). The lowest BCUT2D eigenvalue weighted by atomic mass is 9.79. The molecule has 1 amide bonds. The summed E-state index contributed by atoms with van der Waals surface area (Å²) in [6.07, 6.45) is 9.06. The van der Waals surface area contributed by atoms with Gasteiger partial charge in [0.2, 0.25) is 5.91 Å². The first-order chi connectivity index (χ1) is 14.3. The summed E-state index contributed by atoms with van der Waals surface area (Å²) in [7, 11) is 0. The van der Waals surface area contributed by atoms with Crippen molar-refractivity contribution in [2.24, 2.45) is 11.8 Å². The number of halogens is 2. The summed E-state index contributed by atoms with van der Waals surface area (Å²) in [4.78, 5) is 18.0. The summed E-state index contributed by atoms with van der Waals surface area (Å²) in [5.74, 6) is -0.922. The molecule has 0 spiro atoms. The quantitative estimate of drug-likeness (QED) is 0.592. The molecule has 0 N–H and O–H groups in total. The third-order valence-corrected chi connectivity index (χ3v) is 7.93. The van der Waals surface area contributed by atoms with Gasteiger partial charge in [-0.25, -0.2) is 8.78 Å². The van der Waals surface area contributed by atoms with Gasteiger partial charge in [-0.2, -0.15) is 0 Å². The molecule has 4 nitrogen and oxygen atoms in total. The standard InChI is InChI=1S/C24H43F2N3O/c1-4-6-23(30)28-15-13-27(14-16-28)22-11-12-29(18-24(22,25)26)21-9-7-20(8-10-21)17-19(3)5-2/h19-22H,4-18H2,1-3H3. The monoisotopic (exact) mass is 427 g/mol. The molecule has 2 unspecified atom stereocenters. The molecule has 0 radical (unpaired) electrons. The SMILES string of the molecule is CCCC(=O)N1CCN(C2CCN(C3CCC(CC(C)CC)CC3)CC2(F)F)CC1. The van der Waals surface area contributed by atoms with Crippen LogP contribution in [0.3, 0.4) is 0 Å². The molecule has 0 bridgehead atoms. The van der Waals surface area contributed by atoms with Crippen LogP contribution >= 0.6 is 0 Å².